The molecule has 4 rings (SSSR count). The second kappa shape index (κ2) is 8.62. The van der Waals surface area contributed by atoms with Crippen LogP contribution in [0.4, 0.5) is 4.39 Å². The number of nitrogens with zero attached hydrogens (tertiary/aromatic N) is 2. The Labute approximate surface area is 175 Å². The average Bonchev–Trinajstić information content (AvgIpc) is 2.77. The van der Waals surface area contributed by atoms with Crippen LogP contribution in [-0.2, 0) is 17.9 Å². The lowest BCUT2D eigenvalue weighted by Crippen LogP contribution is -2.40. The minimum absolute atomic E-state index is 0.140. The molecule has 0 aliphatic heterocycles. The lowest BCUT2D eigenvalue weighted by Gasteiger charge is -2.09. The number of aromatic amines is 1. The van der Waals surface area contributed by atoms with Crippen LogP contribution >= 0.6 is 0 Å². The van der Waals surface area contributed by atoms with Crippen LogP contribution in [0.15, 0.2) is 76.4 Å². The summed E-state index contributed by atoms with van der Waals surface area (Å²) in [5, 5.41) is 2.99. The Morgan fingerprint density at radius 2 is 1.87 bits per heavy atom. The summed E-state index contributed by atoms with van der Waals surface area (Å²) >= 11 is 0. The number of fused-ring (bicyclic) bond motifs is 1. The van der Waals surface area contributed by atoms with E-state index in [-0.39, 0.29) is 18.2 Å². The molecule has 0 unspecified atom stereocenters. The molecule has 31 heavy (non-hydrogen) atoms. The number of rotatable bonds is 6. The number of carbonyl (C=O) groups excluding carboxylic acids is 1. The van der Waals surface area contributed by atoms with Crippen LogP contribution in [0.5, 0.6) is 11.6 Å². The average molecular weight is 420 g/mol. The maximum Gasteiger partial charge on any atom is 0.329 e. The van der Waals surface area contributed by atoms with Crippen molar-refractivity contribution in [1.82, 2.24) is 19.9 Å². The molecule has 2 heterocycles. The predicted molar refractivity (Wildman–Crippen MR) is 111 cm³/mol. The van der Waals surface area contributed by atoms with Gasteiger partial charge < -0.3 is 15.0 Å². The van der Waals surface area contributed by atoms with E-state index in [0.717, 1.165) is 4.57 Å². The largest absolute Gasteiger partial charge is 0.439 e. The quantitative estimate of drug-likeness (QED) is 0.498. The van der Waals surface area contributed by atoms with Gasteiger partial charge in [0.1, 0.15) is 18.1 Å². The van der Waals surface area contributed by atoms with Crippen LogP contribution < -0.4 is 21.3 Å². The molecule has 0 saturated heterocycles. The van der Waals surface area contributed by atoms with E-state index >= 15 is 0 Å². The first-order valence-corrected chi connectivity index (χ1v) is 9.36. The SMILES string of the molecule is O=C(Cn1c(=O)[nH]c2ccccc2c1=O)NCc1ccnc(Oc2ccc(F)cc2)c1. The topological polar surface area (TPSA) is 106 Å². The van der Waals surface area contributed by atoms with E-state index in [9.17, 15) is 18.8 Å². The smallest absolute Gasteiger partial charge is 0.329 e. The number of carbonyl (C=O) groups is 1. The molecular formula is C22H17FN4O4. The normalized spacial score (nSPS) is 10.7. The van der Waals surface area contributed by atoms with Crippen LogP contribution in [0.3, 0.4) is 0 Å². The van der Waals surface area contributed by atoms with Gasteiger partial charge >= 0.3 is 5.69 Å². The van der Waals surface area contributed by atoms with Gasteiger partial charge in [0.25, 0.3) is 5.56 Å². The fourth-order valence-electron chi connectivity index (χ4n) is 2.98. The summed E-state index contributed by atoms with van der Waals surface area (Å²) in [6, 6.07) is 15.4. The van der Waals surface area contributed by atoms with Gasteiger partial charge in [0.2, 0.25) is 11.8 Å². The van der Waals surface area contributed by atoms with Crippen molar-refractivity contribution in [2.24, 2.45) is 0 Å². The van der Waals surface area contributed by atoms with Crippen molar-refractivity contribution in [2.75, 3.05) is 0 Å². The number of pyridine rings is 1. The van der Waals surface area contributed by atoms with Gasteiger partial charge in [-0.25, -0.2) is 14.2 Å². The summed E-state index contributed by atoms with van der Waals surface area (Å²) in [6.45, 7) is -0.273. The predicted octanol–water partition coefficient (Wildman–Crippen LogP) is 2.33. The maximum atomic E-state index is 13.0. The van der Waals surface area contributed by atoms with Crippen molar-refractivity contribution in [3.8, 4) is 11.6 Å². The summed E-state index contributed by atoms with van der Waals surface area (Å²) in [4.78, 5) is 43.7. The molecule has 9 heteroatoms. The van der Waals surface area contributed by atoms with Crippen molar-refractivity contribution in [3.63, 3.8) is 0 Å². The first-order chi connectivity index (χ1) is 15.0. The van der Waals surface area contributed by atoms with Crippen LogP contribution in [0.1, 0.15) is 5.56 Å². The standard InChI is InChI=1S/C22H17FN4O4/c23-15-5-7-16(8-6-15)31-20-11-14(9-10-24-20)12-25-19(28)13-27-21(29)17-3-1-2-4-18(17)26-22(27)30/h1-11H,12-13H2,(H,25,28)(H,26,30). The maximum absolute atomic E-state index is 13.0. The third kappa shape index (κ3) is 4.67. The molecule has 4 aromatic rings. The van der Waals surface area contributed by atoms with Crippen molar-refractivity contribution in [3.05, 3.63) is 99.1 Å². The van der Waals surface area contributed by atoms with Gasteiger partial charge in [0, 0.05) is 18.8 Å². The number of hydrogen-bond donors (Lipinski definition) is 2. The van der Waals surface area contributed by atoms with E-state index in [1.807, 2.05) is 0 Å². The minimum Gasteiger partial charge on any atom is -0.439 e. The van der Waals surface area contributed by atoms with E-state index < -0.39 is 23.7 Å². The zero-order valence-corrected chi connectivity index (χ0v) is 16.2. The van der Waals surface area contributed by atoms with Gasteiger partial charge in [-0.1, -0.05) is 12.1 Å². The molecule has 1 amide bonds. The number of hydrogen-bond acceptors (Lipinski definition) is 5. The first-order valence-electron chi connectivity index (χ1n) is 9.36. The van der Waals surface area contributed by atoms with Gasteiger partial charge in [-0.05, 0) is 48.0 Å². The van der Waals surface area contributed by atoms with Gasteiger partial charge in [-0.3, -0.25) is 14.2 Å². The van der Waals surface area contributed by atoms with Crippen molar-refractivity contribution >= 4 is 16.8 Å². The van der Waals surface area contributed by atoms with Gasteiger partial charge in [0.05, 0.1) is 10.9 Å². The Balaban J connectivity index is 1.42. The van der Waals surface area contributed by atoms with Crippen molar-refractivity contribution in [1.29, 1.82) is 0 Å². The van der Waals surface area contributed by atoms with Crippen molar-refractivity contribution in [2.45, 2.75) is 13.1 Å². The number of nitrogens with one attached hydrogen (secondary N) is 2. The van der Waals surface area contributed by atoms with Crippen molar-refractivity contribution < 1.29 is 13.9 Å². The third-order valence-electron chi connectivity index (χ3n) is 4.52. The van der Waals surface area contributed by atoms with Crippen LogP contribution in [0.2, 0.25) is 0 Å². The van der Waals surface area contributed by atoms with E-state index in [1.54, 1.807) is 36.4 Å². The molecule has 2 aromatic carbocycles. The van der Waals surface area contributed by atoms with E-state index in [4.69, 9.17) is 4.74 Å². The molecule has 2 aromatic heterocycles. The lowest BCUT2D eigenvalue weighted by molar-refractivity contribution is -0.121. The van der Waals surface area contributed by atoms with E-state index in [1.165, 1.54) is 30.5 Å². The zero-order chi connectivity index (χ0) is 21.8. The highest BCUT2D eigenvalue weighted by Crippen LogP contribution is 2.20. The van der Waals surface area contributed by atoms with Gasteiger partial charge in [-0.15, -0.1) is 0 Å². The Morgan fingerprint density at radius 1 is 1.10 bits per heavy atom. The number of H-pyrrole nitrogens is 1. The monoisotopic (exact) mass is 420 g/mol. The number of amides is 1. The molecule has 0 bridgehead atoms. The molecular weight excluding hydrogens is 403 g/mol. The highest BCUT2D eigenvalue weighted by atomic mass is 19.1. The summed E-state index contributed by atoms with van der Waals surface area (Å²) in [6.07, 6.45) is 1.51. The molecule has 0 fully saturated rings. The molecule has 2 N–H and O–H groups in total. The summed E-state index contributed by atoms with van der Waals surface area (Å²) in [7, 11) is 0. The second-order valence-corrected chi connectivity index (χ2v) is 6.70. The molecule has 0 saturated carbocycles. The first kappa shape index (κ1) is 20.0. The Hall–Kier alpha value is -4.27. The van der Waals surface area contributed by atoms with Crippen LogP contribution in [0.25, 0.3) is 10.9 Å². The highest BCUT2D eigenvalue weighted by molar-refractivity contribution is 5.78. The zero-order valence-electron chi connectivity index (χ0n) is 16.2. The number of para-hydroxylation sites is 1. The molecule has 0 atom stereocenters. The molecule has 0 aliphatic carbocycles. The van der Waals surface area contributed by atoms with E-state index in [0.29, 0.717) is 22.2 Å². The lowest BCUT2D eigenvalue weighted by atomic mass is 10.2. The van der Waals surface area contributed by atoms with E-state index in [2.05, 4.69) is 15.3 Å². The molecule has 0 aliphatic rings. The summed E-state index contributed by atoms with van der Waals surface area (Å²) in [5.74, 6) is -0.174. The summed E-state index contributed by atoms with van der Waals surface area (Å²) < 4.78 is 19.4. The molecule has 0 spiro atoms. The van der Waals surface area contributed by atoms with Crippen LogP contribution in [0, 0.1) is 5.82 Å². The number of ether oxygens (including phenoxy) is 1. The number of halogens is 1. The fraction of sp³-hybridized carbons (Fsp3) is 0.0909. The molecule has 156 valence electrons. The Kier molecular flexibility index (Phi) is 5.57. The fourth-order valence-corrected chi connectivity index (χ4v) is 2.98. The Bertz CT molecular complexity index is 1360. The van der Waals surface area contributed by atoms with Gasteiger partial charge in [0.15, 0.2) is 0 Å². The third-order valence-corrected chi connectivity index (χ3v) is 4.52. The minimum atomic E-state index is -0.655. The summed E-state index contributed by atoms with van der Waals surface area (Å²) in [5.41, 5.74) is -0.0778. The highest BCUT2D eigenvalue weighted by Gasteiger charge is 2.11. The number of benzene rings is 2. The molecule has 0 radical (unpaired) electrons. The van der Waals surface area contributed by atoms with Crippen LogP contribution in [-0.4, -0.2) is 20.4 Å². The number of aromatic nitrogens is 3. The Morgan fingerprint density at radius 3 is 2.68 bits per heavy atom. The van der Waals surface area contributed by atoms with Gasteiger partial charge in [-0.2, -0.15) is 0 Å². The second-order valence-electron chi connectivity index (χ2n) is 6.70. The molecule has 8 nitrogen and oxygen atoms in total.